The maximum Gasteiger partial charge on any atom is 0.179 e. The Bertz CT molecular complexity index is 777. The highest BCUT2D eigenvalue weighted by molar-refractivity contribution is 7.71. The summed E-state index contributed by atoms with van der Waals surface area (Å²) in [7, 11) is 0. The van der Waals surface area contributed by atoms with Crippen molar-refractivity contribution in [3.8, 4) is 5.75 Å². The number of H-pyrrole nitrogens is 1. The van der Waals surface area contributed by atoms with Crippen LogP contribution in [0.25, 0.3) is 11.2 Å². The summed E-state index contributed by atoms with van der Waals surface area (Å²) in [5.74, 6) is 0.864. The summed E-state index contributed by atoms with van der Waals surface area (Å²) in [6.07, 6.45) is 1.85. The molecular weight excluding hydrogens is 270 g/mol. The van der Waals surface area contributed by atoms with E-state index in [0.29, 0.717) is 17.9 Å². The average Bonchev–Trinajstić information content (AvgIpc) is 2.75. The molecule has 0 aliphatic carbocycles. The molecule has 102 valence electrons. The Labute approximate surface area is 122 Å². The maximum atomic E-state index is 5.70. The lowest BCUT2D eigenvalue weighted by molar-refractivity contribution is 0.299. The molecule has 5 heteroatoms. The van der Waals surface area contributed by atoms with E-state index >= 15 is 0 Å². The Balaban J connectivity index is 1.78. The monoisotopic (exact) mass is 285 g/mol. The number of hydrogen-bond donors (Lipinski definition) is 1. The van der Waals surface area contributed by atoms with Crippen LogP contribution in [-0.4, -0.2) is 21.1 Å². The van der Waals surface area contributed by atoms with Crippen LogP contribution in [0.4, 0.5) is 0 Å². The van der Waals surface area contributed by atoms with E-state index in [1.54, 1.807) is 0 Å². The van der Waals surface area contributed by atoms with Gasteiger partial charge in [-0.1, -0.05) is 18.2 Å². The van der Waals surface area contributed by atoms with Crippen LogP contribution < -0.4 is 4.74 Å². The van der Waals surface area contributed by atoms with E-state index in [2.05, 4.69) is 9.97 Å². The lowest BCUT2D eigenvalue weighted by atomic mass is 10.3. The molecule has 20 heavy (non-hydrogen) atoms. The fraction of sp³-hybridized carbons (Fsp3) is 0.200. The number of aryl methyl sites for hydroxylation is 1. The lowest BCUT2D eigenvalue weighted by Crippen LogP contribution is -2.08. The summed E-state index contributed by atoms with van der Waals surface area (Å²) >= 11 is 5.34. The van der Waals surface area contributed by atoms with Crippen molar-refractivity contribution in [2.45, 2.75) is 13.5 Å². The second-order valence-electron chi connectivity index (χ2n) is 4.63. The van der Waals surface area contributed by atoms with Crippen LogP contribution in [0.2, 0.25) is 0 Å². The normalized spacial score (nSPS) is 10.8. The molecule has 4 nitrogen and oxygen atoms in total. The van der Waals surface area contributed by atoms with Crippen LogP contribution in [0.5, 0.6) is 5.75 Å². The van der Waals surface area contributed by atoms with Gasteiger partial charge >= 0.3 is 0 Å². The SMILES string of the molecule is Cc1cnc2c(c1)[nH]c(=S)n2CCOc1ccccc1. The van der Waals surface area contributed by atoms with Crippen molar-refractivity contribution in [1.29, 1.82) is 0 Å². The van der Waals surface area contributed by atoms with Crippen LogP contribution >= 0.6 is 12.2 Å². The number of fused-ring (bicyclic) bond motifs is 1. The minimum Gasteiger partial charge on any atom is -0.492 e. The predicted octanol–water partition coefficient (Wildman–Crippen LogP) is 3.48. The van der Waals surface area contributed by atoms with E-state index in [4.69, 9.17) is 17.0 Å². The number of nitrogens with one attached hydrogen (secondary N) is 1. The molecular formula is C15H15N3OS. The van der Waals surface area contributed by atoms with Gasteiger partial charge in [0.2, 0.25) is 0 Å². The number of rotatable bonds is 4. The van der Waals surface area contributed by atoms with Gasteiger partial charge in [0.05, 0.1) is 12.1 Å². The van der Waals surface area contributed by atoms with E-state index in [-0.39, 0.29) is 0 Å². The summed E-state index contributed by atoms with van der Waals surface area (Å²) in [4.78, 5) is 7.61. The Kier molecular flexibility index (Phi) is 3.52. The van der Waals surface area contributed by atoms with Gasteiger partial charge in [0, 0.05) is 6.20 Å². The van der Waals surface area contributed by atoms with Gasteiger partial charge in [-0.05, 0) is 42.9 Å². The van der Waals surface area contributed by atoms with Crippen molar-refractivity contribution in [3.05, 3.63) is 52.9 Å². The zero-order chi connectivity index (χ0) is 13.9. The van der Waals surface area contributed by atoms with Gasteiger partial charge in [0.25, 0.3) is 0 Å². The van der Waals surface area contributed by atoms with Gasteiger partial charge in [-0.15, -0.1) is 0 Å². The van der Waals surface area contributed by atoms with Crippen molar-refractivity contribution in [3.63, 3.8) is 0 Å². The second-order valence-corrected chi connectivity index (χ2v) is 5.01. The molecule has 1 aromatic carbocycles. The molecule has 3 rings (SSSR count). The molecule has 0 radical (unpaired) electrons. The van der Waals surface area contributed by atoms with Gasteiger partial charge < -0.3 is 9.72 Å². The number of benzene rings is 1. The summed E-state index contributed by atoms with van der Waals surface area (Å²) in [5.41, 5.74) is 2.95. The van der Waals surface area contributed by atoms with Gasteiger partial charge in [-0.2, -0.15) is 0 Å². The highest BCUT2D eigenvalue weighted by Crippen LogP contribution is 2.13. The van der Waals surface area contributed by atoms with E-state index in [0.717, 1.165) is 22.5 Å². The lowest BCUT2D eigenvalue weighted by Gasteiger charge is -2.07. The molecule has 1 N–H and O–H groups in total. The number of ether oxygens (including phenoxy) is 1. The molecule has 0 fully saturated rings. The molecule has 2 heterocycles. The second kappa shape index (κ2) is 5.46. The van der Waals surface area contributed by atoms with Crippen molar-refractivity contribution < 1.29 is 4.74 Å². The fourth-order valence-electron chi connectivity index (χ4n) is 2.13. The number of nitrogens with zero attached hydrogens (tertiary/aromatic N) is 2. The van der Waals surface area contributed by atoms with Gasteiger partial charge in [-0.25, -0.2) is 4.98 Å². The third-order valence-electron chi connectivity index (χ3n) is 3.07. The molecule has 2 aromatic heterocycles. The molecule has 0 saturated heterocycles. The standard InChI is InChI=1S/C15H15N3OS/c1-11-9-13-14(16-10-11)18(15(20)17-13)7-8-19-12-5-3-2-4-6-12/h2-6,9-10H,7-8H2,1H3,(H,17,20). The zero-order valence-corrected chi connectivity index (χ0v) is 12.0. The summed E-state index contributed by atoms with van der Waals surface area (Å²) in [5, 5.41) is 0. The van der Waals surface area contributed by atoms with Crippen molar-refractivity contribution in [2.75, 3.05) is 6.61 Å². The summed E-state index contributed by atoms with van der Waals surface area (Å²) < 4.78 is 8.34. The Morgan fingerprint density at radius 1 is 1.30 bits per heavy atom. The first-order chi connectivity index (χ1) is 9.74. The molecule has 3 aromatic rings. The summed E-state index contributed by atoms with van der Waals surface area (Å²) in [6.45, 7) is 3.24. The maximum absolute atomic E-state index is 5.70. The van der Waals surface area contributed by atoms with Crippen LogP contribution in [0, 0.1) is 11.7 Å². The highest BCUT2D eigenvalue weighted by atomic mass is 32.1. The largest absolute Gasteiger partial charge is 0.492 e. The van der Waals surface area contributed by atoms with E-state index in [9.17, 15) is 0 Å². The van der Waals surface area contributed by atoms with Crippen molar-refractivity contribution in [2.24, 2.45) is 0 Å². The number of aromatic nitrogens is 3. The van der Waals surface area contributed by atoms with E-state index in [1.807, 2.05) is 54.1 Å². The van der Waals surface area contributed by atoms with Gasteiger partial charge in [-0.3, -0.25) is 4.57 Å². The Hall–Kier alpha value is -2.14. The summed E-state index contributed by atoms with van der Waals surface area (Å²) in [6, 6.07) is 11.8. The molecule has 0 aliphatic rings. The number of pyridine rings is 1. The van der Waals surface area contributed by atoms with Crippen LogP contribution in [0.1, 0.15) is 5.56 Å². The quantitative estimate of drug-likeness (QED) is 0.746. The molecule has 0 saturated carbocycles. The molecule has 0 unspecified atom stereocenters. The molecule has 0 aliphatic heterocycles. The first kappa shape index (κ1) is 12.9. The third-order valence-corrected chi connectivity index (χ3v) is 3.40. The number of hydrogen-bond acceptors (Lipinski definition) is 3. The third kappa shape index (κ3) is 2.58. The first-order valence-corrected chi connectivity index (χ1v) is 6.88. The Morgan fingerprint density at radius 3 is 2.90 bits per heavy atom. The van der Waals surface area contributed by atoms with Crippen LogP contribution in [-0.2, 0) is 6.54 Å². The number of para-hydroxylation sites is 1. The predicted molar refractivity (Wildman–Crippen MR) is 81.6 cm³/mol. The fourth-order valence-corrected chi connectivity index (χ4v) is 2.41. The molecule has 0 atom stereocenters. The number of aromatic amines is 1. The minimum absolute atomic E-state index is 0.556. The first-order valence-electron chi connectivity index (χ1n) is 6.47. The zero-order valence-electron chi connectivity index (χ0n) is 11.2. The highest BCUT2D eigenvalue weighted by Gasteiger charge is 2.05. The van der Waals surface area contributed by atoms with E-state index in [1.165, 1.54) is 0 Å². The molecule has 0 bridgehead atoms. The average molecular weight is 285 g/mol. The van der Waals surface area contributed by atoms with Gasteiger partial charge in [0.1, 0.15) is 12.4 Å². The topological polar surface area (TPSA) is 42.8 Å². The number of imidazole rings is 1. The van der Waals surface area contributed by atoms with Crippen LogP contribution in [0.15, 0.2) is 42.6 Å². The molecule has 0 amide bonds. The van der Waals surface area contributed by atoms with E-state index < -0.39 is 0 Å². The molecule has 0 spiro atoms. The Morgan fingerprint density at radius 2 is 2.10 bits per heavy atom. The van der Waals surface area contributed by atoms with Gasteiger partial charge in [0.15, 0.2) is 10.4 Å². The van der Waals surface area contributed by atoms with Crippen LogP contribution in [0.3, 0.4) is 0 Å². The minimum atomic E-state index is 0.556. The van der Waals surface area contributed by atoms with Crippen molar-refractivity contribution in [1.82, 2.24) is 14.5 Å². The van der Waals surface area contributed by atoms with Crippen molar-refractivity contribution >= 4 is 23.4 Å². The smallest absolute Gasteiger partial charge is 0.179 e.